The van der Waals surface area contributed by atoms with Gasteiger partial charge in [0.1, 0.15) is 11.4 Å². The monoisotopic (exact) mass is 565 g/mol. The average Bonchev–Trinajstić information content (AvgIpc) is 3.66. The minimum atomic E-state index is -0.116. The fraction of sp³-hybridized carbons (Fsp3) is 0.353. The third-order valence-corrected chi connectivity index (χ3v) is 8.85. The van der Waals surface area contributed by atoms with E-state index >= 15 is 0 Å². The van der Waals surface area contributed by atoms with E-state index in [0.717, 1.165) is 47.0 Å². The predicted molar refractivity (Wildman–Crippen MR) is 165 cm³/mol. The Labute approximate surface area is 247 Å². The zero-order valence-electron chi connectivity index (χ0n) is 24.9. The van der Waals surface area contributed by atoms with Crippen molar-refractivity contribution in [3.05, 3.63) is 101 Å². The Morgan fingerprint density at radius 3 is 2.48 bits per heavy atom. The first kappa shape index (κ1) is 27.8. The van der Waals surface area contributed by atoms with Crippen molar-refractivity contribution in [3.8, 4) is 11.4 Å². The number of aromatic nitrogens is 2. The van der Waals surface area contributed by atoms with Gasteiger partial charge in [0.25, 0.3) is 11.8 Å². The summed E-state index contributed by atoms with van der Waals surface area (Å²) in [4.78, 5) is 31.6. The van der Waals surface area contributed by atoms with Crippen molar-refractivity contribution in [3.63, 3.8) is 0 Å². The highest BCUT2D eigenvalue weighted by atomic mass is 16.5. The van der Waals surface area contributed by atoms with Crippen LogP contribution >= 0.6 is 0 Å². The molecule has 1 unspecified atom stereocenters. The summed E-state index contributed by atoms with van der Waals surface area (Å²) in [5.74, 6) is 0.446. The molecule has 8 heteroatoms. The van der Waals surface area contributed by atoms with Crippen LogP contribution in [0.1, 0.15) is 62.8 Å². The Bertz CT molecular complexity index is 1610. The van der Waals surface area contributed by atoms with Gasteiger partial charge < -0.3 is 29.0 Å². The van der Waals surface area contributed by atoms with E-state index in [1.165, 1.54) is 12.8 Å². The van der Waals surface area contributed by atoms with Gasteiger partial charge in [0.05, 0.1) is 25.9 Å². The van der Waals surface area contributed by atoms with E-state index in [9.17, 15) is 9.59 Å². The van der Waals surface area contributed by atoms with Gasteiger partial charge in [-0.15, -0.1) is 0 Å². The molecule has 6 rings (SSSR count). The molecule has 4 aromatic rings. The molecule has 0 spiro atoms. The molecular formula is C34H39N5O3. The van der Waals surface area contributed by atoms with Gasteiger partial charge in [0.2, 0.25) is 0 Å². The van der Waals surface area contributed by atoms with Gasteiger partial charge >= 0.3 is 0 Å². The highest BCUT2D eigenvalue weighted by Crippen LogP contribution is 2.33. The van der Waals surface area contributed by atoms with Gasteiger partial charge in [-0.1, -0.05) is 18.2 Å². The number of rotatable bonds is 7. The van der Waals surface area contributed by atoms with Crippen LogP contribution in [0.5, 0.6) is 5.75 Å². The van der Waals surface area contributed by atoms with Crippen molar-refractivity contribution >= 4 is 17.5 Å². The maximum Gasteiger partial charge on any atom is 0.267 e. The first-order chi connectivity index (χ1) is 20.4. The Morgan fingerprint density at radius 1 is 0.952 bits per heavy atom. The van der Waals surface area contributed by atoms with Crippen LogP contribution in [0, 0.1) is 13.8 Å². The summed E-state index contributed by atoms with van der Waals surface area (Å²) in [5.41, 5.74) is 7.01. The minimum Gasteiger partial charge on any atom is -0.495 e. The van der Waals surface area contributed by atoms with Crippen LogP contribution in [0.3, 0.4) is 0 Å². The summed E-state index contributed by atoms with van der Waals surface area (Å²) in [6, 6.07) is 22.1. The van der Waals surface area contributed by atoms with Gasteiger partial charge in [-0.3, -0.25) is 9.59 Å². The number of hydrogen-bond donors (Lipinski definition) is 1. The standard InChI is InChI=1S/C34H39N5O3/c1-23-11-12-24(2)39(23)30-15-13-25(20-32(30)42-4)34(41)38-22-28-14-16-31(37(28)21-26-8-5-6-10-29(26)38)33(40)35-18-17-27-9-7-19-36(27)3/h5-6,8,10-16,20,27H,7,9,17-19,21-22H2,1-4H3,(H,35,40). The smallest absolute Gasteiger partial charge is 0.267 e. The molecule has 218 valence electrons. The van der Waals surface area contributed by atoms with Crippen LogP contribution in [-0.4, -0.2) is 59.1 Å². The lowest BCUT2D eigenvalue weighted by Crippen LogP contribution is -2.33. The molecular weight excluding hydrogens is 526 g/mol. The normalized spacial score (nSPS) is 16.6. The molecule has 42 heavy (non-hydrogen) atoms. The summed E-state index contributed by atoms with van der Waals surface area (Å²) in [6.07, 6.45) is 3.36. The molecule has 0 saturated carbocycles. The highest BCUT2D eigenvalue weighted by molar-refractivity contribution is 6.07. The van der Waals surface area contributed by atoms with Crippen LogP contribution in [0.4, 0.5) is 5.69 Å². The van der Waals surface area contributed by atoms with Gasteiger partial charge in [-0.2, -0.15) is 0 Å². The maximum absolute atomic E-state index is 14.1. The Morgan fingerprint density at radius 2 is 1.74 bits per heavy atom. The third kappa shape index (κ3) is 5.11. The van der Waals surface area contributed by atoms with Crippen molar-refractivity contribution in [2.75, 3.05) is 32.1 Å². The molecule has 2 amide bonds. The van der Waals surface area contributed by atoms with Crippen molar-refractivity contribution in [1.82, 2.24) is 19.4 Å². The van der Waals surface area contributed by atoms with Crippen LogP contribution < -0.4 is 15.0 Å². The van der Waals surface area contributed by atoms with Crippen LogP contribution in [-0.2, 0) is 13.1 Å². The molecule has 2 aromatic heterocycles. The van der Waals surface area contributed by atoms with E-state index in [4.69, 9.17) is 4.74 Å². The number of carbonyl (C=O) groups excluding carboxylic acids is 2. The minimum absolute atomic E-state index is 0.0740. The lowest BCUT2D eigenvalue weighted by molar-refractivity contribution is 0.0940. The Hall–Kier alpha value is -4.30. The van der Waals surface area contributed by atoms with Crippen LogP contribution in [0.25, 0.3) is 5.69 Å². The number of amides is 2. The molecule has 1 saturated heterocycles. The topological polar surface area (TPSA) is 71.7 Å². The first-order valence-electron chi connectivity index (χ1n) is 14.8. The number of hydrogen-bond acceptors (Lipinski definition) is 4. The van der Waals surface area contributed by atoms with E-state index < -0.39 is 0 Å². The fourth-order valence-corrected chi connectivity index (χ4v) is 6.53. The second kappa shape index (κ2) is 11.5. The summed E-state index contributed by atoms with van der Waals surface area (Å²) < 4.78 is 9.94. The van der Waals surface area contributed by atoms with Crippen molar-refractivity contribution in [2.24, 2.45) is 0 Å². The van der Waals surface area contributed by atoms with E-state index in [0.29, 0.717) is 42.7 Å². The number of anilines is 1. The van der Waals surface area contributed by atoms with Gasteiger partial charge in [0, 0.05) is 40.9 Å². The van der Waals surface area contributed by atoms with E-state index in [1.54, 1.807) is 7.11 Å². The Balaban J connectivity index is 1.27. The number of carbonyl (C=O) groups is 2. The number of nitrogens with one attached hydrogen (secondary N) is 1. The van der Waals surface area contributed by atoms with E-state index in [1.807, 2.05) is 64.1 Å². The zero-order chi connectivity index (χ0) is 29.4. The van der Waals surface area contributed by atoms with Crippen LogP contribution in [0.15, 0.2) is 66.7 Å². The van der Waals surface area contributed by atoms with Crippen LogP contribution in [0.2, 0.25) is 0 Å². The third-order valence-electron chi connectivity index (χ3n) is 8.85. The van der Waals surface area contributed by atoms with Crippen molar-refractivity contribution in [1.29, 1.82) is 0 Å². The highest BCUT2D eigenvalue weighted by Gasteiger charge is 2.28. The molecule has 2 aliphatic rings. The SMILES string of the molecule is COc1cc(C(=O)N2Cc3ccc(C(=O)NCCC4CCCN4C)n3Cc3ccccc32)ccc1-n1c(C)ccc1C. The van der Waals surface area contributed by atoms with Gasteiger partial charge in [-0.05, 0) is 101 Å². The summed E-state index contributed by atoms with van der Waals surface area (Å²) >= 11 is 0. The molecule has 0 radical (unpaired) electrons. The second-order valence-electron chi connectivity index (χ2n) is 11.5. The average molecular weight is 566 g/mol. The number of aryl methyl sites for hydroxylation is 2. The molecule has 2 aliphatic heterocycles. The lowest BCUT2D eigenvalue weighted by Gasteiger charge is -2.23. The largest absolute Gasteiger partial charge is 0.495 e. The lowest BCUT2D eigenvalue weighted by atomic mass is 10.1. The quantitative estimate of drug-likeness (QED) is 0.329. The number of benzene rings is 2. The summed E-state index contributed by atoms with van der Waals surface area (Å²) in [7, 11) is 3.79. The predicted octanol–water partition coefficient (Wildman–Crippen LogP) is 5.33. The second-order valence-corrected chi connectivity index (χ2v) is 11.5. The zero-order valence-corrected chi connectivity index (χ0v) is 24.9. The Kier molecular flexibility index (Phi) is 7.64. The first-order valence-corrected chi connectivity index (χ1v) is 14.8. The molecule has 4 heterocycles. The number of nitrogens with zero attached hydrogens (tertiary/aromatic N) is 4. The summed E-state index contributed by atoms with van der Waals surface area (Å²) in [5, 5.41) is 3.14. The van der Waals surface area contributed by atoms with Gasteiger partial charge in [0.15, 0.2) is 0 Å². The van der Waals surface area contributed by atoms with Crippen molar-refractivity contribution in [2.45, 2.75) is 52.2 Å². The number of ether oxygens (including phenoxy) is 1. The maximum atomic E-state index is 14.1. The molecule has 1 fully saturated rings. The number of para-hydroxylation sites is 1. The van der Waals surface area contributed by atoms with Gasteiger partial charge in [-0.25, -0.2) is 0 Å². The van der Waals surface area contributed by atoms with Crippen molar-refractivity contribution < 1.29 is 14.3 Å². The molecule has 8 nitrogen and oxygen atoms in total. The van der Waals surface area contributed by atoms with E-state index in [-0.39, 0.29) is 11.8 Å². The molecule has 2 aromatic carbocycles. The van der Waals surface area contributed by atoms with E-state index in [2.05, 4.69) is 47.8 Å². The molecule has 1 atom stereocenters. The molecule has 0 bridgehead atoms. The number of fused-ring (bicyclic) bond motifs is 2. The molecule has 0 aliphatic carbocycles. The molecule has 1 N–H and O–H groups in total. The number of likely N-dealkylation sites (tertiary alicyclic amines) is 1. The summed E-state index contributed by atoms with van der Waals surface area (Å²) in [6.45, 7) is 6.76. The fourth-order valence-electron chi connectivity index (χ4n) is 6.53. The number of methoxy groups -OCH3 is 1.